The molecule has 7 heteroatoms. The van der Waals surface area contributed by atoms with E-state index in [4.69, 9.17) is 17.3 Å². The number of rotatable bonds is 2. The molecule has 3 unspecified atom stereocenters. The molecule has 1 heterocycles. The normalized spacial score (nSPS) is 27.2. The van der Waals surface area contributed by atoms with Gasteiger partial charge in [0.25, 0.3) is 0 Å². The molecule has 1 saturated carbocycles. The summed E-state index contributed by atoms with van der Waals surface area (Å²) in [4.78, 5) is 0.339. The van der Waals surface area contributed by atoms with E-state index in [9.17, 15) is 8.42 Å². The predicted molar refractivity (Wildman–Crippen MR) is 99.2 cm³/mol. The molecule has 24 heavy (non-hydrogen) atoms. The van der Waals surface area contributed by atoms with Crippen molar-refractivity contribution in [3.05, 3.63) is 41.4 Å². The second-order valence-corrected chi connectivity index (χ2v) is 8.89. The Morgan fingerprint density at radius 2 is 1.75 bits per heavy atom. The average molecular weight is 387 g/mol. The highest BCUT2D eigenvalue weighted by Crippen LogP contribution is 2.40. The number of hydrogen-bond acceptors (Lipinski definition) is 3. The van der Waals surface area contributed by atoms with Crippen LogP contribution in [0.1, 0.15) is 12.8 Å². The zero-order chi connectivity index (χ0) is 16.2. The van der Waals surface area contributed by atoms with Gasteiger partial charge in [-0.2, -0.15) is 4.31 Å². The number of sulfonamides is 1. The van der Waals surface area contributed by atoms with Gasteiger partial charge in [-0.25, -0.2) is 8.42 Å². The number of hydrogen-bond donors (Lipinski definition) is 1. The minimum atomic E-state index is -3.53. The maximum Gasteiger partial charge on any atom is 0.243 e. The van der Waals surface area contributed by atoms with Crippen LogP contribution in [0.4, 0.5) is 0 Å². The van der Waals surface area contributed by atoms with Crippen molar-refractivity contribution in [3.63, 3.8) is 0 Å². The van der Waals surface area contributed by atoms with Gasteiger partial charge in [0.2, 0.25) is 10.0 Å². The van der Waals surface area contributed by atoms with Crippen LogP contribution in [0.15, 0.2) is 41.3 Å². The highest BCUT2D eigenvalue weighted by Gasteiger charge is 2.45. The number of halogens is 2. The summed E-state index contributed by atoms with van der Waals surface area (Å²) in [5.74, 6) is 0.696. The Bertz CT molecular complexity index is 872. The highest BCUT2D eigenvalue weighted by atomic mass is 35.5. The molecule has 0 aromatic heterocycles. The molecule has 130 valence electrons. The quantitative estimate of drug-likeness (QED) is 0.860. The van der Waals surface area contributed by atoms with Crippen molar-refractivity contribution in [3.8, 4) is 0 Å². The van der Waals surface area contributed by atoms with Crippen LogP contribution in [0.2, 0.25) is 5.02 Å². The molecule has 3 atom stereocenters. The number of nitrogens with zero attached hydrogens (tertiary/aromatic N) is 1. The Labute approximate surface area is 153 Å². The average Bonchev–Trinajstić information content (AvgIpc) is 3.11. The Balaban J connectivity index is 0.00000169. The van der Waals surface area contributed by atoms with E-state index in [1.807, 2.05) is 24.3 Å². The van der Waals surface area contributed by atoms with Gasteiger partial charge in [0.1, 0.15) is 0 Å². The van der Waals surface area contributed by atoms with Crippen molar-refractivity contribution in [2.45, 2.75) is 23.8 Å². The lowest BCUT2D eigenvalue weighted by atomic mass is 9.98. The van der Waals surface area contributed by atoms with E-state index in [0.29, 0.717) is 40.2 Å². The van der Waals surface area contributed by atoms with E-state index < -0.39 is 10.0 Å². The van der Waals surface area contributed by atoms with Gasteiger partial charge in [-0.3, -0.25) is 0 Å². The lowest BCUT2D eigenvalue weighted by Gasteiger charge is -2.20. The van der Waals surface area contributed by atoms with Crippen LogP contribution >= 0.6 is 24.0 Å². The van der Waals surface area contributed by atoms with Crippen molar-refractivity contribution >= 4 is 44.8 Å². The topological polar surface area (TPSA) is 63.4 Å². The molecule has 1 saturated heterocycles. The van der Waals surface area contributed by atoms with E-state index in [1.165, 1.54) is 0 Å². The summed E-state index contributed by atoms with van der Waals surface area (Å²) in [5, 5.41) is 2.02. The molecule has 2 N–H and O–H groups in total. The minimum absolute atomic E-state index is 0. The fourth-order valence-corrected chi connectivity index (χ4v) is 6.02. The first-order chi connectivity index (χ1) is 11.0. The number of nitrogens with two attached hydrogens (primary N) is 1. The molecule has 0 spiro atoms. The summed E-state index contributed by atoms with van der Waals surface area (Å²) >= 11 is 6.21. The van der Waals surface area contributed by atoms with E-state index in [-0.39, 0.29) is 18.4 Å². The van der Waals surface area contributed by atoms with Crippen molar-refractivity contribution in [1.29, 1.82) is 0 Å². The Morgan fingerprint density at radius 1 is 1.04 bits per heavy atom. The monoisotopic (exact) mass is 386 g/mol. The van der Waals surface area contributed by atoms with Gasteiger partial charge >= 0.3 is 0 Å². The van der Waals surface area contributed by atoms with Crippen LogP contribution in [0.5, 0.6) is 0 Å². The van der Waals surface area contributed by atoms with Crippen LogP contribution in [-0.2, 0) is 10.0 Å². The molecule has 0 amide bonds. The summed E-state index contributed by atoms with van der Waals surface area (Å²) in [6, 6.07) is 10.8. The Kier molecular flexibility index (Phi) is 4.84. The molecular weight excluding hydrogens is 367 g/mol. The first kappa shape index (κ1) is 18.0. The molecule has 1 aliphatic heterocycles. The van der Waals surface area contributed by atoms with Crippen LogP contribution in [0.25, 0.3) is 10.8 Å². The van der Waals surface area contributed by atoms with Crippen molar-refractivity contribution < 1.29 is 8.42 Å². The molecule has 4 nitrogen and oxygen atoms in total. The third-order valence-electron chi connectivity index (χ3n) is 5.33. The van der Waals surface area contributed by atoms with E-state index >= 15 is 0 Å². The van der Waals surface area contributed by atoms with Gasteiger partial charge in [0.05, 0.1) is 4.90 Å². The molecule has 4 rings (SSSR count). The fourth-order valence-electron chi connectivity index (χ4n) is 4.06. The van der Waals surface area contributed by atoms with E-state index in [1.54, 1.807) is 16.4 Å². The summed E-state index contributed by atoms with van der Waals surface area (Å²) < 4.78 is 27.9. The zero-order valence-corrected chi connectivity index (χ0v) is 15.4. The lowest BCUT2D eigenvalue weighted by Crippen LogP contribution is -2.33. The highest BCUT2D eigenvalue weighted by molar-refractivity contribution is 7.89. The van der Waals surface area contributed by atoms with Gasteiger partial charge in [-0.05, 0) is 36.8 Å². The minimum Gasteiger partial charge on any atom is -0.327 e. The van der Waals surface area contributed by atoms with Gasteiger partial charge in [-0.1, -0.05) is 35.9 Å². The molecule has 1 aliphatic carbocycles. The maximum atomic E-state index is 13.1. The molecule has 0 bridgehead atoms. The summed E-state index contributed by atoms with van der Waals surface area (Å²) in [6.07, 6.45) is 2.03. The summed E-state index contributed by atoms with van der Waals surface area (Å²) in [6.45, 7) is 1.11. The predicted octanol–water partition coefficient (Wildman–Crippen LogP) is 3.27. The first-order valence-electron chi connectivity index (χ1n) is 7.91. The van der Waals surface area contributed by atoms with E-state index in [0.717, 1.165) is 18.2 Å². The van der Waals surface area contributed by atoms with Gasteiger partial charge in [-0.15, -0.1) is 12.4 Å². The second-order valence-electron chi connectivity index (χ2n) is 6.58. The first-order valence-corrected chi connectivity index (χ1v) is 9.73. The van der Waals surface area contributed by atoms with Crippen molar-refractivity contribution in [1.82, 2.24) is 4.31 Å². The third-order valence-corrected chi connectivity index (χ3v) is 7.55. The smallest absolute Gasteiger partial charge is 0.243 e. The van der Waals surface area contributed by atoms with Crippen molar-refractivity contribution in [2.75, 3.05) is 13.1 Å². The molecule has 2 aliphatic rings. The van der Waals surface area contributed by atoms with Crippen LogP contribution < -0.4 is 5.73 Å². The molecule has 0 radical (unpaired) electrons. The third kappa shape index (κ3) is 2.72. The van der Waals surface area contributed by atoms with E-state index in [2.05, 4.69) is 0 Å². The Morgan fingerprint density at radius 3 is 2.46 bits per heavy atom. The van der Waals surface area contributed by atoms with Crippen molar-refractivity contribution in [2.24, 2.45) is 17.6 Å². The van der Waals surface area contributed by atoms with Crippen LogP contribution in [0.3, 0.4) is 0 Å². The van der Waals surface area contributed by atoms with Gasteiger partial charge in [0.15, 0.2) is 0 Å². The van der Waals surface area contributed by atoms with Crippen LogP contribution in [-0.4, -0.2) is 31.9 Å². The van der Waals surface area contributed by atoms with Gasteiger partial charge in [0, 0.05) is 34.9 Å². The van der Waals surface area contributed by atoms with Crippen LogP contribution in [0, 0.1) is 11.8 Å². The van der Waals surface area contributed by atoms with Gasteiger partial charge < -0.3 is 5.73 Å². The molecular formula is C17H20Cl2N2O2S. The Hall–Kier alpha value is -0.850. The molecule has 2 aromatic carbocycles. The zero-order valence-electron chi connectivity index (χ0n) is 13.1. The molecule has 2 aromatic rings. The number of fused-ring (bicyclic) bond motifs is 2. The summed E-state index contributed by atoms with van der Waals surface area (Å²) in [5.41, 5.74) is 6.14. The maximum absolute atomic E-state index is 13.1. The molecule has 2 fully saturated rings. The lowest BCUT2D eigenvalue weighted by molar-refractivity contribution is 0.427. The number of benzene rings is 2. The largest absolute Gasteiger partial charge is 0.327 e. The second kappa shape index (κ2) is 6.46. The fraction of sp³-hybridized carbons (Fsp3) is 0.412. The standard InChI is InChI=1S/C17H19ClN2O2S.ClH/c18-15-6-8-17(13-4-2-1-3-12(13)15)23(21,22)20-9-11-5-7-16(19)14(11)10-20;/h1-4,6,8,11,14,16H,5,7,9-10,19H2;1H. The summed E-state index contributed by atoms with van der Waals surface area (Å²) in [7, 11) is -3.53. The SMILES string of the molecule is Cl.NC1CCC2CN(S(=O)(=O)c3ccc(Cl)c4ccccc34)CC12.